The summed E-state index contributed by atoms with van der Waals surface area (Å²) in [5.41, 5.74) is 0. The Bertz CT molecular complexity index is 385. The van der Waals surface area contributed by atoms with Crippen LogP contribution >= 0.6 is 0 Å². The van der Waals surface area contributed by atoms with E-state index < -0.39 is 0 Å². The van der Waals surface area contributed by atoms with Crippen molar-refractivity contribution < 1.29 is 4.74 Å². The fourth-order valence-electron chi connectivity index (χ4n) is 5.98. The number of hydrogen-bond donors (Lipinski definition) is 0. The van der Waals surface area contributed by atoms with Crippen LogP contribution in [0.1, 0.15) is 104 Å². The fraction of sp³-hybridized carbons (Fsp3) is 0.917. The Morgan fingerprint density at radius 2 is 1.40 bits per heavy atom. The van der Waals surface area contributed by atoms with E-state index in [-0.39, 0.29) is 0 Å². The second kappa shape index (κ2) is 10.1. The molecular formula is C24H42O. The lowest BCUT2D eigenvalue weighted by molar-refractivity contribution is -0.0117. The second-order valence-corrected chi connectivity index (χ2v) is 9.25. The van der Waals surface area contributed by atoms with Crippen molar-refractivity contribution in [3.63, 3.8) is 0 Å². The van der Waals surface area contributed by atoms with Gasteiger partial charge in [-0.3, -0.25) is 0 Å². The van der Waals surface area contributed by atoms with Crippen molar-refractivity contribution in [1.29, 1.82) is 0 Å². The molecule has 0 aromatic rings. The summed E-state index contributed by atoms with van der Waals surface area (Å²) in [5, 5.41) is 0. The highest BCUT2D eigenvalue weighted by atomic mass is 16.5. The standard InChI is InChI=1S/C24H42O/c1-3-5-6-8-23-17-18-24(25-23)22-15-13-21(14-16-22)20-11-9-19(7-4-2)10-12-20/h4,7,19-24H,3,5-6,8-18H2,1-2H3/b7-4+. The van der Waals surface area contributed by atoms with Gasteiger partial charge in [-0.2, -0.15) is 0 Å². The molecule has 1 saturated heterocycles. The molecule has 2 unspecified atom stereocenters. The Morgan fingerprint density at radius 1 is 0.760 bits per heavy atom. The Balaban J connectivity index is 1.35. The Hall–Kier alpha value is -0.300. The molecule has 0 amide bonds. The van der Waals surface area contributed by atoms with Crippen molar-refractivity contribution >= 4 is 0 Å². The average molecular weight is 347 g/mol. The molecule has 0 spiro atoms. The van der Waals surface area contributed by atoms with Gasteiger partial charge in [0.15, 0.2) is 0 Å². The Morgan fingerprint density at radius 3 is 2.04 bits per heavy atom. The van der Waals surface area contributed by atoms with Crippen LogP contribution in [0, 0.1) is 23.7 Å². The molecule has 2 atom stereocenters. The summed E-state index contributed by atoms with van der Waals surface area (Å²) in [6, 6.07) is 0. The number of rotatable bonds is 7. The number of allylic oxidation sites excluding steroid dienone is 2. The minimum Gasteiger partial charge on any atom is -0.375 e. The molecule has 2 aliphatic carbocycles. The lowest BCUT2D eigenvalue weighted by Gasteiger charge is -2.38. The van der Waals surface area contributed by atoms with E-state index in [1.807, 2.05) is 0 Å². The predicted octanol–water partition coefficient (Wildman–Crippen LogP) is 7.30. The Labute approximate surface area is 157 Å². The topological polar surface area (TPSA) is 9.23 Å². The van der Waals surface area contributed by atoms with Gasteiger partial charge in [-0.1, -0.05) is 38.3 Å². The summed E-state index contributed by atoms with van der Waals surface area (Å²) in [6.07, 6.45) is 25.7. The predicted molar refractivity (Wildman–Crippen MR) is 108 cm³/mol. The highest BCUT2D eigenvalue weighted by molar-refractivity contribution is 4.91. The molecule has 0 aromatic heterocycles. The van der Waals surface area contributed by atoms with E-state index in [1.165, 1.54) is 89.9 Å². The first kappa shape index (κ1) is 19.5. The van der Waals surface area contributed by atoms with Crippen LogP contribution in [0.15, 0.2) is 12.2 Å². The molecular weight excluding hydrogens is 304 g/mol. The first-order valence-electron chi connectivity index (χ1n) is 11.6. The van der Waals surface area contributed by atoms with Gasteiger partial charge >= 0.3 is 0 Å². The van der Waals surface area contributed by atoms with E-state index in [1.54, 1.807) is 0 Å². The summed E-state index contributed by atoms with van der Waals surface area (Å²) >= 11 is 0. The maximum absolute atomic E-state index is 6.46. The first-order chi connectivity index (χ1) is 12.3. The van der Waals surface area contributed by atoms with Gasteiger partial charge in [-0.25, -0.2) is 0 Å². The zero-order valence-electron chi connectivity index (χ0n) is 16.9. The summed E-state index contributed by atoms with van der Waals surface area (Å²) in [4.78, 5) is 0. The van der Waals surface area contributed by atoms with Crippen LogP contribution in [0.25, 0.3) is 0 Å². The average Bonchev–Trinajstić information content (AvgIpc) is 3.12. The van der Waals surface area contributed by atoms with E-state index in [4.69, 9.17) is 4.74 Å². The molecule has 3 aliphatic rings. The smallest absolute Gasteiger partial charge is 0.0608 e. The van der Waals surface area contributed by atoms with Crippen molar-refractivity contribution in [2.24, 2.45) is 23.7 Å². The van der Waals surface area contributed by atoms with Gasteiger partial charge in [-0.15, -0.1) is 0 Å². The third-order valence-corrected chi connectivity index (χ3v) is 7.56. The van der Waals surface area contributed by atoms with Gasteiger partial charge in [0.1, 0.15) is 0 Å². The van der Waals surface area contributed by atoms with Gasteiger partial charge in [0.25, 0.3) is 0 Å². The van der Waals surface area contributed by atoms with Crippen molar-refractivity contribution in [2.45, 2.75) is 116 Å². The van der Waals surface area contributed by atoms with Gasteiger partial charge in [0.05, 0.1) is 12.2 Å². The van der Waals surface area contributed by atoms with Crippen molar-refractivity contribution in [3.8, 4) is 0 Å². The monoisotopic (exact) mass is 346 g/mol. The SMILES string of the molecule is C/C=C/C1CCC(C2CCC(C3CCC(CCCCC)O3)CC2)CC1. The van der Waals surface area contributed by atoms with Gasteiger partial charge in [0.2, 0.25) is 0 Å². The highest BCUT2D eigenvalue weighted by Gasteiger charge is 2.36. The largest absolute Gasteiger partial charge is 0.375 e. The fourth-order valence-corrected chi connectivity index (χ4v) is 5.98. The van der Waals surface area contributed by atoms with Crippen molar-refractivity contribution in [2.75, 3.05) is 0 Å². The molecule has 144 valence electrons. The van der Waals surface area contributed by atoms with Crippen molar-refractivity contribution in [1.82, 2.24) is 0 Å². The number of unbranched alkanes of at least 4 members (excludes halogenated alkanes) is 2. The highest BCUT2D eigenvalue weighted by Crippen LogP contribution is 2.44. The van der Waals surface area contributed by atoms with Gasteiger partial charge in [0, 0.05) is 0 Å². The minimum absolute atomic E-state index is 0.594. The van der Waals surface area contributed by atoms with Crippen LogP contribution in [-0.4, -0.2) is 12.2 Å². The van der Waals surface area contributed by atoms with E-state index in [0.717, 1.165) is 23.7 Å². The normalized spacial score (nSPS) is 39.9. The molecule has 3 rings (SSSR count). The van der Waals surface area contributed by atoms with Gasteiger partial charge < -0.3 is 4.74 Å². The molecule has 0 N–H and O–H groups in total. The van der Waals surface area contributed by atoms with Crippen LogP contribution < -0.4 is 0 Å². The molecule has 1 nitrogen and oxygen atoms in total. The van der Waals surface area contributed by atoms with E-state index in [0.29, 0.717) is 12.2 Å². The molecule has 0 aromatic carbocycles. The van der Waals surface area contributed by atoms with E-state index >= 15 is 0 Å². The van der Waals surface area contributed by atoms with Crippen LogP contribution in [0.2, 0.25) is 0 Å². The number of ether oxygens (including phenoxy) is 1. The third kappa shape index (κ3) is 5.59. The number of hydrogen-bond acceptors (Lipinski definition) is 1. The summed E-state index contributed by atoms with van der Waals surface area (Å²) in [7, 11) is 0. The van der Waals surface area contributed by atoms with E-state index in [9.17, 15) is 0 Å². The van der Waals surface area contributed by atoms with E-state index in [2.05, 4.69) is 26.0 Å². The first-order valence-corrected chi connectivity index (χ1v) is 11.6. The van der Waals surface area contributed by atoms with Gasteiger partial charge in [-0.05, 0) is 101 Å². The van der Waals surface area contributed by atoms with Crippen LogP contribution in [0.3, 0.4) is 0 Å². The molecule has 1 aliphatic heterocycles. The van der Waals surface area contributed by atoms with Crippen LogP contribution in [-0.2, 0) is 4.74 Å². The zero-order chi connectivity index (χ0) is 17.5. The minimum atomic E-state index is 0.594. The lowest BCUT2D eigenvalue weighted by atomic mass is 9.68. The second-order valence-electron chi connectivity index (χ2n) is 9.25. The quantitative estimate of drug-likeness (QED) is 0.347. The summed E-state index contributed by atoms with van der Waals surface area (Å²) in [6.45, 7) is 4.47. The third-order valence-electron chi connectivity index (χ3n) is 7.56. The maximum Gasteiger partial charge on any atom is 0.0608 e. The van der Waals surface area contributed by atoms with Crippen LogP contribution in [0.5, 0.6) is 0 Å². The van der Waals surface area contributed by atoms with Crippen molar-refractivity contribution in [3.05, 3.63) is 12.2 Å². The molecule has 25 heavy (non-hydrogen) atoms. The molecule has 1 heteroatoms. The summed E-state index contributed by atoms with van der Waals surface area (Å²) < 4.78 is 6.46. The maximum atomic E-state index is 6.46. The molecule has 1 heterocycles. The molecule has 3 fully saturated rings. The molecule has 2 saturated carbocycles. The summed E-state index contributed by atoms with van der Waals surface area (Å²) in [5.74, 6) is 3.83. The molecule has 0 radical (unpaired) electrons. The lowest BCUT2D eigenvalue weighted by Crippen LogP contribution is -2.30. The molecule has 0 bridgehead atoms. The van der Waals surface area contributed by atoms with Crippen LogP contribution in [0.4, 0.5) is 0 Å². The zero-order valence-corrected chi connectivity index (χ0v) is 16.9. The Kier molecular flexibility index (Phi) is 7.90.